The second-order valence-electron chi connectivity index (χ2n) is 4.24. The first kappa shape index (κ1) is 12.1. The number of nitrogens with zero attached hydrogens (tertiary/aromatic N) is 3. The van der Waals surface area contributed by atoms with Crippen LogP contribution in [0.25, 0.3) is 0 Å². The molecule has 2 heterocycles. The zero-order valence-corrected chi connectivity index (χ0v) is 10.2. The van der Waals surface area contributed by atoms with Gasteiger partial charge in [-0.15, -0.1) is 0 Å². The smallest absolute Gasteiger partial charge is 0.289 e. The Morgan fingerprint density at radius 3 is 3.18 bits per heavy atom. The highest BCUT2D eigenvalue weighted by Crippen LogP contribution is 2.03. The van der Waals surface area contributed by atoms with Crippen molar-refractivity contribution in [2.75, 3.05) is 33.3 Å². The molecule has 1 amide bonds. The first-order chi connectivity index (χ1) is 8.18. The third-order valence-electron chi connectivity index (χ3n) is 2.84. The van der Waals surface area contributed by atoms with Crippen LogP contribution in [0.15, 0.2) is 12.4 Å². The number of carbonyl (C=O) groups excluding carboxylic acids is 1. The summed E-state index contributed by atoms with van der Waals surface area (Å²) in [6.45, 7) is 2.96. The molecule has 1 unspecified atom stereocenters. The van der Waals surface area contributed by atoms with Crippen LogP contribution in [0.1, 0.15) is 10.6 Å². The Hall–Kier alpha value is -1.40. The normalized spacial score (nSPS) is 20.2. The molecule has 1 aliphatic heterocycles. The summed E-state index contributed by atoms with van der Waals surface area (Å²) in [5.74, 6) is 0.378. The Balaban J connectivity index is 1.93. The van der Waals surface area contributed by atoms with Crippen LogP contribution in [-0.4, -0.2) is 59.8 Å². The van der Waals surface area contributed by atoms with Gasteiger partial charge < -0.3 is 19.5 Å². The van der Waals surface area contributed by atoms with Gasteiger partial charge in [0.05, 0.1) is 12.7 Å². The number of likely N-dealkylation sites (N-methyl/N-ethyl adjacent to an activating group) is 1. The summed E-state index contributed by atoms with van der Waals surface area (Å²) in [6, 6.07) is 0. The maximum Gasteiger partial charge on any atom is 0.289 e. The summed E-state index contributed by atoms with van der Waals surface area (Å²) in [7, 11) is 3.59. The number of aromatic nitrogens is 2. The average molecular weight is 238 g/mol. The van der Waals surface area contributed by atoms with Crippen molar-refractivity contribution in [1.82, 2.24) is 19.8 Å². The van der Waals surface area contributed by atoms with Crippen molar-refractivity contribution >= 4 is 5.91 Å². The van der Waals surface area contributed by atoms with Crippen molar-refractivity contribution < 1.29 is 9.53 Å². The number of hydrogen-bond donors (Lipinski definition) is 1. The van der Waals surface area contributed by atoms with Crippen molar-refractivity contribution in [2.45, 2.75) is 6.10 Å². The van der Waals surface area contributed by atoms with Crippen LogP contribution in [0.5, 0.6) is 0 Å². The van der Waals surface area contributed by atoms with E-state index in [2.05, 4.69) is 10.3 Å². The fourth-order valence-corrected chi connectivity index (χ4v) is 1.87. The van der Waals surface area contributed by atoms with Crippen molar-refractivity contribution in [1.29, 1.82) is 0 Å². The lowest BCUT2D eigenvalue weighted by Gasteiger charge is -2.27. The molecular weight excluding hydrogens is 220 g/mol. The summed E-state index contributed by atoms with van der Waals surface area (Å²) in [5, 5.41) is 3.24. The van der Waals surface area contributed by atoms with Gasteiger partial charge in [-0.05, 0) is 0 Å². The summed E-state index contributed by atoms with van der Waals surface area (Å²) in [5.41, 5.74) is 0. The molecule has 2 rings (SSSR count). The minimum absolute atomic E-state index is 0.0676. The maximum absolute atomic E-state index is 12.1. The number of ether oxygens (including phenoxy) is 1. The number of hydrogen-bond acceptors (Lipinski definition) is 4. The van der Waals surface area contributed by atoms with Crippen LogP contribution in [0.4, 0.5) is 0 Å². The molecule has 0 radical (unpaired) electrons. The van der Waals surface area contributed by atoms with Gasteiger partial charge in [0, 0.05) is 46.1 Å². The van der Waals surface area contributed by atoms with Gasteiger partial charge in [0.2, 0.25) is 0 Å². The monoisotopic (exact) mass is 238 g/mol. The number of aryl methyl sites for hydroxylation is 1. The molecule has 1 atom stereocenters. The SMILES string of the molecule is CN(CC1CNCCO1)C(=O)c1nccn1C. The standard InChI is InChI=1S/C11H18N4O2/c1-14-5-3-13-10(14)11(16)15(2)8-9-7-12-4-6-17-9/h3,5,9,12H,4,6-8H2,1-2H3. The van der Waals surface area contributed by atoms with Gasteiger partial charge in [-0.25, -0.2) is 4.98 Å². The molecule has 1 fully saturated rings. The van der Waals surface area contributed by atoms with Crippen LogP contribution in [0, 0.1) is 0 Å². The third kappa shape index (κ3) is 2.83. The number of nitrogens with one attached hydrogen (secondary N) is 1. The minimum Gasteiger partial charge on any atom is -0.374 e. The van der Waals surface area contributed by atoms with E-state index in [4.69, 9.17) is 4.74 Å². The predicted molar refractivity (Wildman–Crippen MR) is 62.8 cm³/mol. The topological polar surface area (TPSA) is 59.4 Å². The van der Waals surface area contributed by atoms with E-state index in [1.54, 1.807) is 28.9 Å². The molecule has 6 nitrogen and oxygen atoms in total. The van der Waals surface area contributed by atoms with Gasteiger partial charge in [-0.1, -0.05) is 0 Å². The Kier molecular flexibility index (Phi) is 3.75. The van der Waals surface area contributed by atoms with E-state index < -0.39 is 0 Å². The van der Waals surface area contributed by atoms with E-state index in [0.29, 0.717) is 19.0 Å². The van der Waals surface area contributed by atoms with Crippen molar-refractivity contribution in [3.05, 3.63) is 18.2 Å². The van der Waals surface area contributed by atoms with Crippen molar-refractivity contribution in [3.8, 4) is 0 Å². The fraction of sp³-hybridized carbons (Fsp3) is 0.636. The number of morpholine rings is 1. The van der Waals surface area contributed by atoms with Crippen molar-refractivity contribution in [3.63, 3.8) is 0 Å². The van der Waals surface area contributed by atoms with Crippen LogP contribution in [0.3, 0.4) is 0 Å². The van der Waals surface area contributed by atoms with E-state index in [0.717, 1.165) is 13.1 Å². The lowest BCUT2D eigenvalue weighted by atomic mass is 10.3. The van der Waals surface area contributed by atoms with Gasteiger partial charge in [-0.3, -0.25) is 4.79 Å². The molecule has 6 heteroatoms. The molecule has 1 aromatic rings. The Labute approximate surface area is 101 Å². The predicted octanol–water partition coefficient (Wildman–Crippen LogP) is -0.519. The first-order valence-corrected chi connectivity index (χ1v) is 5.73. The summed E-state index contributed by atoms with van der Waals surface area (Å²) in [6.07, 6.45) is 3.46. The molecule has 0 aromatic carbocycles. The third-order valence-corrected chi connectivity index (χ3v) is 2.84. The van der Waals surface area contributed by atoms with Crippen LogP contribution < -0.4 is 5.32 Å². The quantitative estimate of drug-likeness (QED) is 0.770. The molecule has 0 spiro atoms. The van der Waals surface area contributed by atoms with E-state index in [1.807, 2.05) is 7.05 Å². The molecular formula is C11H18N4O2. The largest absolute Gasteiger partial charge is 0.374 e. The van der Waals surface area contributed by atoms with Crippen LogP contribution in [-0.2, 0) is 11.8 Å². The Morgan fingerprint density at radius 2 is 2.59 bits per heavy atom. The van der Waals surface area contributed by atoms with Gasteiger partial charge in [-0.2, -0.15) is 0 Å². The lowest BCUT2D eigenvalue weighted by molar-refractivity contribution is 0.0100. The number of rotatable bonds is 3. The molecule has 0 saturated carbocycles. The molecule has 1 saturated heterocycles. The maximum atomic E-state index is 12.1. The van der Waals surface area contributed by atoms with E-state index in [1.165, 1.54) is 0 Å². The molecule has 1 N–H and O–H groups in total. The minimum atomic E-state index is -0.0772. The number of imidazole rings is 1. The molecule has 0 aliphatic carbocycles. The van der Waals surface area contributed by atoms with E-state index in [9.17, 15) is 4.79 Å². The summed E-state index contributed by atoms with van der Waals surface area (Å²) in [4.78, 5) is 17.8. The highest BCUT2D eigenvalue weighted by atomic mass is 16.5. The highest BCUT2D eigenvalue weighted by Gasteiger charge is 2.21. The van der Waals surface area contributed by atoms with Gasteiger partial charge in [0.1, 0.15) is 0 Å². The number of carbonyl (C=O) groups is 1. The number of amides is 1. The fourth-order valence-electron chi connectivity index (χ4n) is 1.87. The average Bonchev–Trinajstić information content (AvgIpc) is 2.76. The lowest BCUT2D eigenvalue weighted by Crippen LogP contribution is -2.46. The zero-order valence-electron chi connectivity index (χ0n) is 10.2. The highest BCUT2D eigenvalue weighted by molar-refractivity contribution is 5.90. The van der Waals surface area contributed by atoms with E-state index >= 15 is 0 Å². The molecule has 1 aromatic heterocycles. The van der Waals surface area contributed by atoms with Gasteiger partial charge >= 0.3 is 0 Å². The van der Waals surface area contributed by atoms with Gasteiger partial charge in [0.15, 0.2) is 5.82 Å². The Bertz CT molecular complexity index is 385. The first-order valence-electron chi connectivity index (χ1n) is 5.73. The summed E-state index contributed by atoms with van der Waals surface area (Å²) >= 11 is 0. The molecule has 94 valence electrons. The van der Waals surface area contributed by atoms with Crippen molar-refractivity contribution in [2.24, 2.45) is 7.05 Å². The molecule has 17 heavy (non-hydrogen) atoms. The molecule has 0 bridgehead atoms. The van der Waals surface area contributed by atoms with Gasteiger partial charge in [0.25, 0.3) is 5.91 Å². The second-order valence-corrected chi connectivity index (χ2v) is 4.24. The zero-order chi connectivity index (χ0) is 12.3. The molecule has 1 aliphatic rings. The second kappa shape index (κ2) is 5.29. The Morgan fingerprint density at radius 1 is 1.76 bits per heavy atom. The van der Waals surface area contributed by atoms with Crippen LogP contribution in [0.2, 0.25) is 0 Å². The van der Waals surface area contributed by atoms with Crippen LogP contribution >= 0.6 is 0 Å². The summed E-state index contributed by atoms with van der Waals surface area (Å²) < 4.78 is 7.28. The van der Waals surface area contributed by atoms with E-state index in [-0.39, 0.29) is 12.0 Å².